The number of aryl methyl sites for hydroxylation is 1. The van der Waals surface area contributed by atoms with E-state index in [1.165, 1.54) is 32.2 Å². The number of hydrogen-bond donors (Lipinski definition) is 1. The van der Waals surface area contributed by atoms with Crippen molar-refractivity contribution in [2.45, 2.75) is 38.3 Å². The molecule has 102 valence electrons. The van der Waals surface area contributed by atoms with Crippen LogP contribution in [0.3, 0.4) is 0 Å². The van der Waals surface area contributed by atoms with E-state index in [1.54, 1.807) is 0 Å². The highest BCUT2D eigenvalue weighted by Gasteiger charge is 2.24. The molecule has 0 aliphatic heterocycles. The average Bonchev–Trinajstić information content (AvgIpc) is 2.75. The predicted molar refractivity (Wildman–Crippen MR) is 74.3 cm³/mol. The first-order chi connectivity index (χ1) is 8.70. The van der Waals surface area contributed by atoms with Crippen molar-refractivity contribution >= 4 is 0 Å². The first-order valence-electron chi connectivity index (χ1n) is 7.02. The summed E-state index contributed by atoms with van der Waals surface area (Å²) in [4.78, 5) is 6.80. The number of aromatic nitrogens is 2. The van der Waals surface area contributed by atoms with Gasteiger partial charge in [-0.3, -0.25) is 4.90 Å². The molecular formula is C14H26N4. The van der Waals surface area contributed by atoms with E-state index in [1.807, 2.05) is 12.4 Å². The van der Waals surface area contributed by atoms with Gasteiger partial charge in [-0.2, -0.15) is 0 Å². The second-order valence-electron chi connectivity index (χ2n) is 5.59. The summed E-state index contributed by atoms with van der Waals surface area (Å²) in [7, 11) is 6.37. The van der Waals surface area contributed by atoms with Crippen molar-refractivity contribution in [1.82, 2.24) is 19.8 Å². The van der Waals surface area contributed by atoms with Crippen LogP contribution in [0.25, 0.3) is 0 Å². The second kappa shape index (κ2) is 6.34. The van der Waals surface area contributed by atoms with Gasteiger partial charge in [-0.15, -0.1) is 0 Å². The van der Waals surface area contributed by atoms with Crippen molar-refractivity contribution in [3.63, 3.8) is 0 Å². The lowest BCUT2D eigenvalue weighted by molar-refractivity contribution is 0.187. The molecule has 0 spiro atoms. The highest BCUT2D eigenvalue weighted by molar-refractivity contribution is 4.91. The Labute approximate surface area is 110 Å². The Morgan fingerprint density at radius 2 is 2.22 bits per heavy atom. The van der Waals surface area contributed by atoms with Crippen LogP contribution in [0.15, 0.2) is 12.4 Å². The maximum atomic E-state index is 4.39. The standard InChI is InChI=1S/C14H26N4/c1-15-13-7-5-4-6-12(13)10-17(2)11-14-16-8-9-18(14)3/h8-9,12-13,15H,4-7,10-11H2,1-3H3. The van der Waals surface area contributed by atoms with Crippen LogP contribution in [0, 0.1) is 5.92 Å². The number of rotatable bonds is 5. The highest BCUT2D eigenvalue weighted by Crippen LogP contribution is 2.25. The van der Waals surface area contributed by atoms with Crippen LogP contribution in [0.5, 0.6) is 0 Å². The normalized spacial score (nSPS) is 24.7. The third-order valence-electron chi connectivity index (χ3n) is 4.16. The first-order valence-corrected chi connectivity index (χ1v) is 7.02. The van der Waals surface area contributed by atoms with E-state index in [9.17, 15) is 0 Å². The van der Waals surface area contributed by atoms with E-state index < -0.39 is 0 Å². The number of hydrogen-bond acceptors (Lipinski definition) is 3. The fourth-order valence-electron chi connectivity index (χ4n) is 3.06. The lowest BCUT2D eigenvalue weighted by Crippen LogP contribution is -2.41. The van der Waals surface area contributed by atoms with Crippen molar-refractivity contribution < 1.29 is 0 Å². The molecule has 0 aromatic carbocycles. The second-order valence-corrected chi connectivity index (χ2v) is 5.59. The van der Waals surface area contributed by atoms with Gasteiger partial charge in [0.05, 0.1) is 6.54 Å². The van der Waals surface area contributed by atoms with E-state index in [4.69, 9.17) is 0 Å². The van der Waals surface area contributed by atoms with Crippen molar-refractivity contribution in [1.29, 1.82) is 0 Å². The number of imidazole rings is 1. The van der Waals surface area contributed by atoms with E-state index >= 15 is 0 Å². The summed E-state index contributed by atoms with van der Waals surface area (Å²) in [6.45, 7) is 2.11. The van der Waals surface area contributed by atoms with Crippen molar-refractivity contribution in [3.8, 4) is 0 Å². The monoisotopic (exact) mass is 250 g/mol. The molecule has 1 aliphatic carbocycles. The van der Waals surface area contributed by atoms with E-state index in [0.29, 0.717) is 6.04 Å². The predicted octanol–water partition coefficient (Wildman–Crippen LogP) is 1.63. The number of nitrogens with zero attached hydrogens (tertiary/aromatic N) is 3. The summed E-state index contributed by atoms with van der Waals surface area (Å²) < 4.78 is 2.10. The molecule has 2 rings (SSSR count). The zero-order chi connectivity index (χ0) is 13.0. The Hall–Kier alpha value is -0.870. The molecule has 18 heavy (non-hydrogen) atoms. The van der Waals surface area contributed by atoms with Crippen LogP contribution in [-0.4, -0.2) is 41.1 Å². The first kappa shape index (κ1) is 13.6. The quantitative estimate of drug-likeness (QED) is 0.862. The summed E-state index contributed by atoms with van der Waals surface area (Å²) in [5, 5.41) is 3.48. The van der Waals surface area contributed by atoms with Crippen LogP contribution in [0.2, 0.25) is 0 Å². The molecule has 1 saturated carbocycles. The van der Waals surface area contributed by atoms with Crippen molar-refractivity contribution in [3.05, 3.63) is 18.2 Å². The van der Waals surface area contributed by atoms with Gasteiger partial charge in [-0.1, -0.05) is 12.8 Å². The molecule has 1 aromatic rings. The van der Waals surface area contributed by atoms with Crippen LogP contribution >= 0.6 is 0 Å². The topological polar surface area (TPSA) is 33.1 Å². The molecule has 1 aliphatic rings. The molecule has 2 atom stereocenters. The Bertz CT molecular complexity index is 360. The SMILES string of the molecule is CNC1CCCCC1CN(C)Cc1nccn1C. The van der Waals surface area contributed by atoms with Gasteiger partial charge >= 0.3 is 0 Å². The van der Waals surface area contributed by atoms with Crippen molar-refractivity contribution in [2.24, 2.45) is 13.0 Å². The summed E-state index contributed by atoms with van der Waals surface area (Å²) >= 11 is 0. The molecule has 1 fully saturated rings. The molecule has 4 heteroatoms. The van der Waals surface area contributed by atoms with E-state index in [0.717, 1.165) is 18.3 Å². The molecule has 4 nitrogen and oxygen atoms in total. The number of nitrogens with one attached hydrogen (secondary N) is 1. The van der Waals surface area contributed by atoms with Crippen LogP contribution in [0.4, 0.5) is 0 Å². The lowest BCUT2D eigenvalue weighted by Gasteiger charge is -2.34. The zero-order valence-corrected chi connectivity index (χ0v) is 11.9. The van der Waals surface area contributed by atoms with Gasteiger partial charge in [0.2, 0.25) is 0 Å². The van der Waals surface area contributed by atoms with Gasteiger partial charge in [0.25, 0.3) is 0 Å². The fourth-order valence-corrected chi connectivity index (χ4v) is 3.06. The van der Waals surface area contributed by atoms with E-state index in [2.05, 4.69) is 40.9 Å². The zero-order valence-electron chi connectivity index (χ0n) is 11.9. The van der Waals surface area contributed by atoms with Crippen LogP contribution < -0.4 is 5.32 Å². The summed E-state index contributed by atoms with van der Waals surface area (Å²) in [5.41, 5.74) is 0. The molecule has 0 amide bonds. The molecule has 0 saturated heterocycles. The van der Waals surface area contributed by atoms with Gasteiger partial charge < -0.3 is 9.88 Å². The summed E-state index contributed by atoms with van der Waals surface area (Å²) in [6.07, 6.45) is 9.35. The minimum absolute atomic E-state index is 0.697. The summed E-state index contributed by atoms with van der Waals surface area (Å²) in [6, 6.07) is 0.697. The molecule has 0 radical (unpaired) electrons. The Kier molecular flexibility index (Phi) is 4.78. The van der Waals surface area contributed by atoms with Gasteiger partial charge in [0, 0.05) is 32.0 Å². The highest BCUT2D eigenvalue weighted by atomic mass is 15.2. The lowest BCUT2D eigenvalue weighted by atomic mass is 9.84. The van der Waals surface area contributed by atoms with E-state index in [-0.39, 0.29) is 0 Å². The van der Waals surface area contributed by atoms with Gasteiger partial charge in [-0.05, 0) is 32.9 Å². The molecular weight excluding hydrogens is 224 g/mol. The van der Waals surface area contributed by atoms with Crippen molar-refractivity contribution in [2.75, 3.05) is 20.6 Å². The van der Waals surface area contributed by atoms with Gasteiger partial charge in [-0.25, -0.2) is 4.98 Å². The minimum atomic E-state index is 0.697. The Morgan fingerprint density at radius 1 is 1.44 bits per heavy atom. The smallest absolute Gasteiger partial charge is 0.122 e. The molecule has 2 unspecified atom stereocenters. The minimum Gasteiger partial charge on any atom is -0.337 e. The fraction of sp³-hybridized carbons (Fsp3) is 0.786. The molecule has 1 heterocycles. The van der Waals surface area contributed by atoms with Crippen LogP contribution in [-0.2, 0) is 13.6 Å². The third kappa shape index (κ3) is 3.33. The molecule has 1 N–H and O–H groups in total. The maximum absolute atomic E-state index is 4.39. The average molecular weight is 250 g/mol. The summed E-state index contributed by atoms with van der Waals surface area (Å²) in [5.74, 6) is 1.93. The van der Waals surface area contributed by atoms with Gasteiger partial charge in [0.1, 0.15) is 5.82 Å². The van der Waals surface area contributed by atoms with Gasteiger partial charge in [0.15, 0.2) is 0 Å². The third-order valence-corrected chi connectivity index (χ3v) is 4.16. The Morgan fingerprint density at radius 3 is 2.89 bits per heavy atom. The van der Waals surface area contributed by atoms with Crippen LogP contribution in [0.1, 0.15) is 31.5 Å². The maximum Gasteiger partial charge on any atom is 0.122 e. The Balaban J connectivity index is 1.86. The molecule has 1 aromatic heterocycles. The molecule has 0 bridgehead atoms. The largest absolute Gasteiger partial charge is 0.337 e.